The molecule has 0 amide bonds. The smallest absolute Gasteiger partial charge is 0.465 e. The third-order valence-electron chi connectivity index (χ3n) is 5.92. The maximum Gasteiger partial charge on any atom is 0.474 e. The van der Waals surface area contributed by atoms with Gasteiger partial charge in [0.25, 0.3) is 0 Å². The third kappa shape index (κ3) is 8.04. The largest absolute Gasteiger partial charge is 0.474 e. The molecule has 38 heavy (non-hydrogen) atoms. The number of hydrogen-bond donors (Lipinski definition) is 0. The highest BCUT2D eigenvalue weighted by Gasteiger charge is 2.27. The van der Waals surface area contributed by atoms with E-state index < -0.39 is 24.6 Å². The van der Waals surface area contributed by atoms with E-state index in [1.807, 2.05) is 37.3 Å². The summed E-state index contributed by atoms with van der Waals surface area (Å²) in [4.78, 5) is 13.4. The Balaban J connectivity index is 1.63. The lowest BCUT2D eigenvalue weighted by Crippen LogP contribution is -2.08. The molecule has 0 saturated carbocycles. The van der Waals surface area contributed by atoms with Gasteiger partial charge < -0.3 is 4.74 Å². The van der Waals surface area contributed by atoms with Crippen LogP contribution in [0.15, 0.2) is 52.9 Å². The first kappa shape index (κ1) is 30.1. The molecule has 0 spiro atoms. The summed E-state index contributed by atoms with van der Waals surface area (Å²) in [7, 11) is -4.62. The van der Waals surface area contributed by atoms with Crippen LogP contribution in [0, 0.1) is 5.82 Å². The monoisotopic (exact) mass is 564 g/mol. The first-order valence-corrected chi connectivity index (χ1v) is 15.5. The molecule has 0 heterocycles. The zero-order valence-corrected chi connectivity index (χ0v) is 23.9. The molecule has 0 N–H and O–H groups in total. The van der Waals surface area contributed by atoms with Crippen molar-refractivity contribution < 1.29 is 36.3 Å². The van der Waals surface area contributed by atoms with Crippen molar-refractivity contribution in [3.8, 4) is 0 Å². The minimum Gasteiger partial charge on any atom is -0.465 e. The first-order valence-electron chi connectivity index (χ1n) is 12.5. The van der Waals surface area contributed by atoms with Crippen molar-refractivity contribution in [1.29, 1.82) is 0 Å². The highest BCUT2D eigenvalue weighted by Crippen LogP contribution is 2.49. The van der Waals surface area contributed by atoms with Crippen molar-refractivity contribution in [2.75, 3.05) is 32.7 Å². The number of rotatable bonds is 14. The number of fused-ring (bicyclic) bond motifs is 1. The van der Waals surface area contributed by atoms with Gasteiger partial charge in [-0.2, -0.15) is 0 Å². The van der Waals surface area contributed by atoms with Crippen LogP contribution in [0.25, 0.3) is 17.2 Å². The Morgan fingerprint density at radius 2 is 1.63 bits per heavy atom. The van der Waals surface area contributed by atoms with Crippen molar-refractivity contribution >= 4 is 41.8 Å². The van der Waals surface area contributed by atoms with Gasteiger partial charge in [-0.15, -0.1) is 0 Å². The molecule has 10 heteroatoms. The van der Waals surface area contributed by atoms with E-state index in [-0.39, 0.29) is 38.7 Å². The number of ether oxygens (including phenoxy) is 1. The number of phosphoric ester groups is 1. The Bertz CT molecular complexity index is 1260. The number of esters is 1. The van der Waals surface area contributed by atoms with Gasteiger partial charge in [0.15, 0.2) is 0 Å². The number of carbonyl (C=O) groups is 1. The number of carbonyl (C=O) groups excluding carboxylic acids is 1. The summed E-state index contributed by atoms with van der Waals surface area (Å²) in [5.74, 6) is -0.796. The van der Waals surface area contributed by atoms with Gasteiger partial charge in [0.1, 0.15) is 5.82 Å². The van der Waals surface area contributed by atoms with Crippen molar-refractivity contribution in [3.63, 3.8) is 0 Å². The molecule has 0 fully saturated rings. The van der Waals surface area contributed by atoms with Crippen LogP contribution in [0.5, 0.6) is 0 Å². The lowest BCUT2D eigenvalue weighted by atomic mass is 10.0. The highest BCUT2D eigenvalue weighted by atomic mass is 32.2. The fourth-order valence-electron chi connectivity index (χ4n) is 4.09. The standard InChI is InChI=1S/C28H34FO7PS/c1-5-34-37(31,35-6-2)36-16-8-7-15-33-28(30)19-26-20(3)25(24-14-11-22(29)18-27(24)26)17-21-9-12-23(13-10-21)38(4)32/h9-14,17-18H,5-8,15-16,19H2,1-4H3/b25-17-/t38-/m0/s1. The third-order valence-corrected chi connectivity index (χ3v) is 8.51. The number of phosphoric acid groups is 1. The van der Waals surface area contributed by atoms with Gasteiger partial charge in [-0.3, -0.25) is 22.6 Å². The minimum absolute atomic E-state index is 0.00770. The fourth-order valence-corrected chi connectivity index (χ4v) is 5.82. The summed E-state index contributed by atoms with van der Waals surface area (Å²) in [5.41, 5.74) is 4.93. The lowest BCUT2D eigenvalue weighted by molar-refractivity contribution is -0.142. The number of hydrogen-bond acceptors (Lipinski definition) is 7. The molecule has 2 aromatic carbocycles. The van der Waals surface area contributed by atoms with E-state index in [1.54, 1.807) is 26.2 Å². The Hall–Kier alpha value is -2.42. The number of halogens is 1. The van der Waals surface area contributed by atoms with E-state index in [4.69, 9.17) is 18.3 Å². The molecule has 2 aromatic rings. The van der Waals surface area contributed by atoms with E-state index >= 15 is 0 Å². The molecule has 0 aliphatic heterocycles. The number of benzene rings is 2. The molecule has 1 atom stereocenters. The van der Waals surface area contributed by atoms with Crippen LogP contribution in [-0.4, -0.2) is 42.9 Å². The summed E-state index contributed by atoms with van der Waals surface area (Å²) in [6.07, 6.45) is 4.63. The number of allylic oxidation sites excluding steroid dienone is 2. The Morgan fingerprint density at radius 1 is 0.974 bits per heavy atom. The molecule has 0 radical (unpaired) electrons. The zero-order valence-electron chi connectivity index (χ0n) is 22.2. The summed E-state index contributed by atoms with van der Waals surface area (Å²) < 4.78 is 58.9. The molecule has 0 saturated heterocycles. The van der Waals surface area contributed by atoms with Gasteiger partial charge in [0.2, 0.25) is 0 Å². The summed E-state index contributed by atoms with van der Waals surface area (Å²) >= 11 is 0. The summed E-state index contributed by atoms with van der Waals surface area (Å²) in [6.45, 7) is 6.06. The van der Waals surface area contributed by atoms with Gasteiger partial charge >= 0.3 is 13.8 Å². The molecule has 0 unspecified atom stereocenters. The van der Waals surface area contributed by atoms with Crippen LogP contribution in [0.4, 0.5) is 4.39 Å². The van der Waals surface area contributed by atoms with Gasteiger partial charge in [0.05, 0.1) is 32.8 Å². The van der Waals surface area contributed by atoms with Crippen LogP contribution < -0.4 is 0 Å². The average molecular weight is 565 g/mol. The van der Waals surface area contributed by atoms with E-state index in [0.29, 0.717) is 18.4 Å². The van der Waals surface area contributed by atoms with Crippen LogP contribution in [0.1, 0.15) is 56.7 Å². The van der Waals surface area contributed by atoms with E-state index in [9.17, 15) is 18.0 Å². The Labute approximate surface area is 226 Å². The minimum atomic E-state index is -3.55. The van der Waals surface area contributed by atoms with Crippen molar-refractivity contribution in [1.82, 2.24) is 0 Å². The van der Waals surface area contributed by atoms with Crippen molar-refractivity contribution in [3.05, 3.63) is 70.5 Å². The molecular formula is C28H34FO7PS. The second-order valence-electron chi connectivity index (χ2n) is 8.59. The molecule has 0 bridgehead atoms. The van der Waals surface area contributed by atoms with E-state index in [1.165, 1.54) is 12.1 Å². The van der Waals surface area contributed by atoms with Crippen LogP contribution in [0.2, 0.25) is 0 Å². The molecule has 206 valence electrons. The second-order valence-corrected chi connectivity index (χ2v) is 11.6. The van der Waals surface area contributed by atoms with Crippen molar-refractivity contribution in [2.24, 2.45) is 0 Å². The number of unbranched alkanes of at least 4 members (excludes halogenated alkanes) is 1. The van der Waals surface area contributed by atoms with E-state index in [2.05, 4.69) is 0 Å². The van der Waals surface area contributed by atoms with E-state index in [0.717, 1.165) is 32.7 Å². The fraction of sp³-hybridized carbons (Fsp3) is 0.393. The van der Waals surface area contributed by atoms with Gasteiger partial charge in [0, 0.05) is 22.0 Å². The normalized spacial score (nSPS) is 15.1. The summed E-state index contributed by atoms with van der Waals surface area (Å²) in [6, 6.07) is 12.0. The van der Waals surface area contributed by atoms with Crippen LogP contribution in [-0.2, 0) is 38.5 Å². The second kappa shape index (κ2) is 14.1. The Kier molecular flexibility index (Phi) is 11.2. The molecule has 0 aromatic heterocycles. The Morgan fingerprint density at radius 3 is 2.26 bits per heavy atom. The zero-order chi connectivity index (χ0) is 27.7. The molecule has 1 aliphatic carbocycles. The average Bonchev–Trinajstić information content (AvgIpc) is 3.12. The maximum absolute atomic E-state index is 14.1. The quantitative estimate of drug-likeness (QED) is 0.142. The predicted molar refractivity (Wildman–Crippen MR) is 147 cm³/mol. The maximum atomic E-state index is 14.1. The topological polar surface area (TPSA) is 88.1 Å². The van der Waals surface area contributed by atoms with Gasteiger partial charge in [-0.25, -0.2) is 8.96 Å². The van der Waals surface area contributed by atoms with Crippen molar-refractivity contribution in [2.45, 2.75) is 44.9 Å². The summed E-state index contributed by atoms with van der Waals surface area (Å²) in [5, 5.41) is 0. The van der Waals surface area contributed by atoms with Crippen LogP contribution >= 0.6 is 7.82 Å². The van der Waals surface area contributed by atoms with Gasteiger partial charge in [-0.1, -0.05) is 18.2 Å². The lowest BCUT2D eigenvalue weighted by Gasteiger charge is -2.16. The SMILES string of the molecule is CCOP(=O)(OCC)OCCCCOC(=O)CC1=C(C)/C(=C/c2ccc([S@](C)=O)cc2)c2ccc(F)cc21. The first-order chi connectivity index (χ1) is 18.2. The molecule has 3 rings (SSSR count). The highest BCUT2D eigenvalue weighted by molar-refractivity contribution is 7.84. The predicted octanol–water partition coefficient (Wildman–Crippen LogP) is 6.80. The van der Waals surface area contributed by atoms with Crippen LogP contribution in [0.3, 0.4) is 0 Å². The molecule has 1 aliphatic rings. The van der Waals surface area contributed by atoms with Gasteiger partial charge in [-0.05, 0) is 97.4 Å². The molecular weight excluding hydrogens is 530 g/mol. The molecule has 7 nitrogen and oxygen atoms in total.